The smallest absolute Gasteiger partial charge is 0.423 e. The third-order valence-electron chi connectivity index (χ3n) is 1.45. The van der Waals surface area contributed by atoms with Gasteiger partial charge in [-0.15, -0.1) is 0 Å². The number of rotatable bonds is 1. The van der Waals surface area contributed by atoms with Gasteiger partial charge in [0.2, 0.25) is 0 Å². The van der Waals surface area contributed by atoms with E-state index in [0.717, 1.165) is 0 Å². The first-order valence-electron chi connectivity index (χ1n) is 3.29. The summed E-state index contributed by atoms with van der Waals surface area (Å²) in [6.07, 6.45) is 4.14. The fourth-order valence-corrected chi connectivity index (χ4v) is 0.868. The summed E-state index contributed by atoms with van der Waals surface area (Å²) in [6.45, 7) is 0. The Kier molecular flexibility index (Phi) is 1.52. The van der Waals surface area contributed by atoms with Gasteiger partial charge in [0.25, 0.3) is 5.78 Å². The van der Waals surface area contributed by atoms with Crippen molar-refractivity contribution >= 4 is 18.4 Å². The highest BCUT2D eigenvalue weighted by molar-refractivity contribution is 6.58. The molecular formula is C5H5BN4O2. The Balaban J connectivity index is 2.60. The largest absolute Gasteiger partial charge is 0.491 e. The van der Waals surface area contributed by atoms with Gasteiger partial charge in [-0.3, -0.25) is 0 Å². The Bertz CT molecular complexity index is 401. The van der Waals surface area contributed by atoms with E-state index in [4.69, 9.17) is 10.0 Å². The molecule has 0 fully saturated rings. The van der Waals surface area contributed by atoms with E-state index >= 15 is 0 Å². The first-order valence-corrected chi connectivity index (χ1v) is 3.29. The Labute approximate surface area is 67.7 Å². The van der Waals surface area contributed by atoms with Gasteiger partial charge in [-0.1, -0.05) is 0 Å². The van der Waals surface area contributed by atoms with Crippen molar-refractivity contribution in [3.8, 4) is 0 Å². The minimum absolute atomic E-state index is 0.285. The summed E-state index contributed by atoms with van der Waals surface area (Å²) in [5, 5.41) is 21.3. The van der Waals surface area contributed by atoms with E-state index in [9.17, 15) is 0 Å². The van der Waals surface area contributed by atoms with Crippen molar-refractivity contribution in [2.24, 2.45) is 0 Å². The fourth-order valence-electron chi connectivity index (χ4n) is 0.868. The molecule has 0 unspecified atom stereocenters. The van der Waals surface area contributed by atoms with E-state index in [1.165, 1.54) is 23.2 Å². The van der Waals surface area contributed by atoms with Crippen molar-refractivity contribution in [1.29, 1.82) is 0 Å². The molecule has 0 saturated carbocycles. The number of fused-ring (bicyclic) bond motifs is 1. The number of hydrogen-bond acceptors (Lipinski definition) is 5. The molecule has 0 amide bonds. The molecule has 6 nitrogen and oxygen atoms in total. The quantitative estimate of drug-likeness (QED) is 0.467. The molecule has 2 aromatic rings. The summed E-state index contributed by atoms with van der Waals surface area (Å²) < 4.78 is 1.37. The molecule has 2 N–H and O–H groups in total. The molecule has 2 rings (SSSR count). The molecule has 2 aromatic heterocycles. The molecule has 0 aliphatic carbocycles. The lowest BCUT2D eigenvalue weighted by molar-refractivity contribution is 0.425. The maximum atomic E-state index is 8.77. The van der Waals surface area contributed by atoms with Crippen LogP contribution >= 0.6 is 0 Å². The molecule has 0 atom stereocenters. The summed E-state index contributed by atoms with van der Waals surface area (Å²) in [5.41, 5.74) is 0.285. The number of nitrogens with zero attached hydrogens (tertiary/aromatic N) is 4. The lowest BCUT2D eigenvalue weighted by atomic mass is 9.83. The van der Waals surface area contributed by atoms with Gasteiger partial charge in [-0.2, -0.15) is 10.1 Å². The van der Waals surface area contributed by atoms with Crippen LogP contribution in [0.2, 0.25) is 0 Å². The molecule has 0 aromatic carbocycles. The molecule has 12 heavy (non-hydrogen) atoms. The van der Waals surface area contributed by atoms with Gasteiger partial charge >= 0.3 is 7.12 Å². The molecule has 0 bridgehead atoms. The molecule has 0 saturated heterocycles. The van der Waals surface area contributed by atoms with Crippen LogP contribution in [0.15, 0.2) is 18.7 Å². The molecule has 0 aliphatic rings. The first-order chi connectivity index (χ1) is 5.77. The average molecular weight is 164 g/mol. The SMILES string of the molecule is OB(O)c1cnc2ncnn2c1. The second-order valence-corrected chi connectivity index (χ2v) is 2.27. The van der Waals surface area contributed by atoms with E-state index in [-0.39, 0.29) is 5.46 Å². The van der Waals surface area contributed by atoms with Gasteiger partial charge in [0.1, 0.15) is 6.33 Å². The molecule has 0 aliphatic heterocycles. The third-order valence-corrected chi connectivity index (χ3v) is 1.45. The zero-order valence-corrected chi connectivity index (χ0v) is 5.99. The molecule has 0 radical (unpaired) electrons. The fraction of sp³-hybridized carbons (Fsp3) is 0. The van der Waals surface area contributed by atoms with Crippen LogP contribution in [0, 0.1) is 0 Å². The van der Waals surface area contributed by atoms with Crippen LogP contribution in [-0.2, 0) is 0 Å². The Morgan fingerprint density at radius 3 is 2.92 bits per heavy atom. The molecular weight excluding hydrogens is 159 g/mol. The Morgan fingerprint density at radius 1 is 1.33 bits per heavy atom. The van der Waals surface area contributed by atoms with E-state index in [2.05, 4.69) is 15.1 Å². The maximum Gasteiger partial charge on any atom is 0.491 e. The second kappa shape index (κ2) is 2.54. The maximum absolute atomic E-state index is 8.77. The van der Waals surface area contributed by atoms with Crippen molar-refractivity contribution in [1.82, 2.24) is 19.6 Å². The monoisotopic (exact) mass is 164 g/mol. The third kappa shape index (κ3) is 1.04. The van der Waals surface area contributed by atoms with Crippen LogP contribution in [0.3, 0.4) is 0 Å². The van der Waals surface area contributed by atoms with E-state index < -0.39 is 7.12 Å². The highest BCUT2D eigenvalue weighted by Gasteiger charge is 2.12. The van der Waals surface area contributed by atoms with Crippen molar-refractivity contribution in [2.75, 3.05) is 0 Å². The highest BCUT2D eigenvalue weighted by atomic mass is 16.4. The van der Waals surface area contributed by atoms with Gasteiger partial charge in [-0.25, -0.2) is 9.50 Å². The topological polar surface area (TPSA) is 83.5 Å². The van der Waals surface area contributed by atoms with Crippen molar-refractivity contribution < 1.29 is 10.0 Å². The van der Waals surface area contributed by atoms with Crippen LogP contribution in [0.25, 0.3) is 5.78 Å². The summed E-state index contributed by atoms with van der Waals surface area (Å²) >= 11 is 0. The van der Waals surface area contributed by atoms with Gasteiger partial charge < -0.3 is 10.0 Å². The van der Waals surface area contributed by atoms with E-state index in [1.807, 2.05) is 0 Å². The second-order valence-electron chi connectivity index (χ2n) is 2.27. The van der Waals surface area contributed by atoms with E-state index in [1.54, 1.807) is 0 Å². The predicted octanol–water partition coefficient (Wildman–Crippen LogP) is -2.20. The molecule has 0 spiro atoms. The minimum Gasteiger partial charge on any atom is -0.423 e. The summed E-state index contributed by atoms with van der Waals surface area (Å²) in [7, 11) is -1.52. The van der Waals surface area contributed by atoms with Crippen molar-refractivity contribution in [3.05, 3.63) is 18.7 Å². The van der Waals surface area contributed by atoms with Gasteiger partial charge in [0, 0.05) is 17.9 Å². The van der Waals surface area contributed by atoms with Crippen LogP contribution in [0.4, 0.5) is 0 Å². The van der Waals surface area contributed by atoms with Gasteiger partial charge in [0.05, 0.1) is 0 Å². The van der Waals surface area contributed by atoms with Crippen LogP contribution < -0.4 is 5.46 Å². The molecule has 2 heterocycles. The highest BCUT2D eigenvalue weighted by Crippen LogP contribution is 1.88. The lowest BCUT2D eigenvalue weighted by Crippen LogP contribution is -2.31. The minimum atomic E-state index is -1.52. The molecule has 7 heteroatoms. The van der Waals surface area contributed by atoms with Crippen LogP contribution in [0.5, 0.6) is 0 Å². The summed E-state index contributed by atoms with van der Waals surface area (Å²) in [6, 6.07) is 0. The molecule has 60 valence electrons. The first kappa shape index (κ1) is 7.20. The van der Waals surface area contributed by atoms with Crippen molar-refractivity contribution in [3.63, 3.8) is 0 Å². The number of aromatic nitrogens is 4. The van der Waals surface area contributed by atoms with Crippen LogP contribution in [0.1, 0.15) is 0 Å². The van der Waals surface area contributed by atoms with E-state index in [0.29, 0.717) is 5.78 Å². The summed E-state index contributed by atoms with van der Waals surface area (Å²) in [4.78, 5) is 7.63. The zero-order valence-electron chi connectivity index (χ0n) is 5.99. The Morgan fingerprint density at radius 2 is 2.17 bits per heavy atom. The van der Waals surface area contributed by atoms with Crippen LogP contribution in [-0.4, -0.2) is 36.7 Å². The normalized spacial score (nSPS) is 10.5. The van der Waals surface area contributed by atoms with Gasteiger partial charge in [0.15, 0.2) is 0 Å². The number of hydrogen-bond donors (Lipinski definition) is 2. The standard InChI is InChI=1S/C5H5BN4O2/c11-6(12)4-1-7-5-8-3-9-10(5)2-4/h1-3,11-12H. The predicted molar refractivity (Wildman–Crippen MR) is 40.6 cm³/mol. The Hall–Kier alpha value is -1.47. The average Bonchev–Trinajstić information content (AvgIpc) is 2.49. The zero-order chi connectivity index (χ0) is 8.55. The summed E-state index contributed by atoms with van der Waals surface area (Å²) in [5.74, 6) is 0.430. The van der Waals surface area contributed by atoms with Crippen molar-refractivity contribution in [2.45, 2.75) is 0 Å². The van der Waals surface area contributed by atoms with Gasteiger partial charge in [-0.05, 0) is 0 Å². The lowest BCUT2D eigenvalue weighted by Gasteiger charge is -1.97.